The summed E-state index contributed by atoms with van der Waals surface area (Å²) in [5.41, 5.74) is 1.24. The van der Waals surface area contributed by atoms with Gasteiger partial charge in [0.05, 0.1) is 31.0 Å². The SMILES string of the molecule is COc1cc(-c2nccc(-c3cccc(-c4ccc(C=O)c(OC)n4)c3F)c2F)ccc1C=O. The third-order valence-electron chi connectivity index (χ3n) is 5.30. The molecule has 6 nitrogen and oxygen atoms in total. The Hall–Kier alpha value is -4.46. The summed E-state index contributed by atoms with van der Waals surface area (Å²) in [5.74, 6) is -1.10. The number of benzene rings is 2. The van der Waals surface area contributed by atoms with Crippen LogP contribution in [-0.4, -0.2) is 36.8 Å². The van der Waals surface area contributed by atoms with Crippen molar-refractivity contribution in [1.29, 1.82) is 0 Å². The molecule has 0 aliphatic rings. The molecule has 0 bridgehead atoms. The number of carbonyl (C=O) groups excluding carboxylic acids is 2. The van der Waals surface area contributed by atoms with Crippen molar-refractivity contribution in [2.75, 3.05) is 14.2 Å². The van der Waals surface area contributed by atoms with Crippen LogP contribution in [0.15, 0.2) is 60.8 Å². The summed E-state index contributed by atoms with van der Waals surface area (Å²) in [7, 11) is 2.76. The van der Waals surface area contributed by atoms with E-state index in [4.69, 9.17) is 9.47 Å². The van der Waals surface area contributed by atoms with Gasteiger partial charge in [0, 0.05) is 28.5 Å². The Morgan fingerprint density at radius 3 is 2.21 bits per heavy atom. The molecule has 8 heteroatoms. The Morgan fingerprint density at radius 1 is 0.794 bits per heavy atom. The van der Waals surface area contributed by atoms with E-state index in [1.165, 1.54) is 62.9 Å². The van der Waals surface area contributed by atoms with Crippen LogP contribution in [0.3, 0.4) is 0 Å². The van der Waals surface area contributed by atoms with Gasteiger partial charge in [-0.25, -0.2) is 13.8 Å². The molecule has 0 saturated heterocycles. The summed E-state index contributed by atoms with van der Waals surface area (Å²) < 4.78 is 41.5. The van der Waals surface area contributed by atoms with Gasteiger partial charge in [0.1, 0.15) is 17.3 Å². The van der Waals surface area contributed by atoms with Gasteiger partial charge in [0.2, 0.25) is 5.88 Å². The fourth-order valence-corrected chi connectivity index (χ4v) is 3.60. The van der Waals surface area contributed by atoms with Crippen LogP contribution in [-0.2, 0) is 0 Å². The van der Waals surface area contributed by atoms with E-state index in [1.807, 2.05) is 0 Å². The number of aromatic nitrogens is 2. The van der Waals surface area contributed by atoms with Crippen molar-refractivity contribution in [1.82, 2.24) is 9.97 Å². The molecule has 0 fully saturated rings. The number of nitrogens with zero attached hydrogens (tertiary/aromatic N) is 2. The lowest BCUT2D eigenvalue weighted by molar-refractivity contribution is 0.111. The van der Waals surface area contributed by atoms with Crippen LogP contribution < -0.4 is 9.47 Å². The maximum absolute atomic E-state index is 15.6. The predicted molar refractivity (Wildman–Crippen MR) is 122 cm³/mol. The highest BCUT2D eigenvalue weighted by atomic mass is 19.1. The molecule has 0 spiro atoms. The molecule has 0 amide bonds. The zero-order valence-electron chi connectivity index (χ0n) is 18.2. The third kappa shape index (κ3) is 4.01. The standard InChI is InChI=1S/C26H18F2N2O4/c1-33-22-12-15(6-7-16(22)13-31)25-24(28)19(10-11-29-25)18-4-3-5-20(23(18)27)21-9-8-17(14-32)26(30-21)34-2/h3-14H,1-2H3. The number of pyridine rings is 2. The Morgan fingerprint density at radius 2 is 1.50 bits per heavy atom. The Labute approximate surface area is 193 Å². The van der Waals surface area contributed by atoms with Crippen LogP contribution >= 0.6 is 0 Å². The second-order valence-electron chi connectivity index (χ2n) is 7.18. The first-order valence-corrected chi connectivity index (χ1v) is 10.1. The van der Waals surface area contributed by atoms with Crippen molar-refractivity contribution in [2.24, 2.45) is 0 Å². The van der Waals surface area contributed by atoms with Crippen molar-refractivity contribution >= 4 is 12.6 Å². The van der Waals surface area contributed by atoms with E-state index in [0.29, 0.717) is 23.7 Å². The maximum atomic E-state index is 15.6. The second kappa shape index (κ2) is 9.58. The summed E-state index contributed by atoms with van der Waals surface area (Å²) in [6.07, 6.45) is 2.60. The summed E-state index contributed by atoms with van der Waals surface area (Å²) in [4.78, 5) is 30.6. The molecule has 2 aromatic carbocycles. The normalized spacial score (nSPS) is 10.6. The molecule has 34 heavy (non-hydrogen) atoms. The van der Waals surface area contributed by atoms with Crippen molar-refractivity contribution < 1.29 is 27.8 Å². The maximum Gasteiger partial charge on any atom is 0.224 e. The fourth-order valence-electron chi connectivity index (χ4n) is 3.60. The summed E-state index contributed by atoms with van der Waals surface area (Å²) >= 11 is 0. The van der Waals surface area contributed by atoms with Gasteiger partial charge in [-0.2, -0.15) is 0 Å². The quantitative estimate of drug-likeness (QED) is 0.344. The minimum absolute atomic E-state index is 0.000688. The van der Waals surface area contributed by atoms with E-state index < -0.39 is 11.6 Å². The molecular formula is C26H18F2N2O4. The number of methoxy groups -OCH3 is 2. The zero-order valence-corrected chi connectivity index (χ0v) is 18.2. The summed E-state index contributed by atoms with van der Waals surface area (Å²) in [5, 5.41) is 0. The van der Waals surface area contributed by atoms with Crippen LogP contribution in [0.25, 0.3) is 33.6 Å². The summed E-state index contributed by atoms with van der Waals surface area (Å²) in [6.45, 7) is 0. The molecule has 4 aromatic rings. The van der Waals surface area contributed by atoms with Gasteiger partial charge < -0.3 is 9.47 Å². The van der Waals surface area contributed by atoms with Gasteiger partial charge in [-0.3, -0.25) is 14.6 Å². The molecule has 170 valence electrons. The molecule has 0 aliphatic carbocycles. The summed E-state index contributed by atoms with van der Waals surface area (Å²) in [6, 6.07) is 13.4. The van der Waals surface area contributed by atoms with E-state index in [2.05, 4.69) is 9.97 Å². The predicted octanol–water partition coefficient (Wildman–Crippen LogP) is 5.40. The highest BCUT2D eigenvalue weighted by Gasteiger charge is 2.20. The topological polar surface area (TPSA) is 78.4 Å². The first-order chi connectivity index (χ1) is 16.5. The van der Waals surface area contributed by atoms with E-state index in [1.54, 1.807) is 12.1 Å². The highest BCUT2D eigenvalue weighted by Crippen LogP contribution is 2.36. The monoisotopic (exact) mass is 460 g/mol. The first-order valence-electron chi connectivity index (χ1n) is 10.1. The first kappa shape index (κ1) is 22.7. The smallest absolute Gasteiger partial charge is 0.224 e. The van der Waals surface area contributed by atoms with Gasteiger partial charge >= 0.3 is 0 Å². The lowest BCUT2D eigenvalue weighted by atomic mass is 9.98. The number of halogens is 2. The lowest BCUT2D eigenvalue weighted by Crippen LogP contribution is -1.99. The molecule has 0 unspecified atom stereocenters. The molecule has 0 saturated carbocycles. The molecule has 4 rings (SSSR count). The van der Waals surface area contributed by atoms with Crippen LogP contribution in [0.2, 0.25) is 0 Å². The van der Waals surface area contributed by atoms with E-state index in [9.17, 15) is 9.59 Å². The van der Waals surface area contributed by atoms with Crippen LogP contribution in [0.1, 0.15) is 20.7 Å². The number of aldehydes is 2. The lowest BCUT2D eigenvalue weighted by Gasteiger charge is -2.13. The van der Waals surface area contributed by atoms with Gasteiger partial charge in [0.25, 0.3) is 0 Å². The number of hydrogen-bond acceptors (Lipinski definition) is 6. The Bertz CT molecular complexity index is 1300. The van der Waals surface area contributed by atoms with Gasteiger partial charge in [0.15, 0.2) is 18.4 Å². The van der Waals surface area contributed by atoms with Crippen LogP contribution in [0.4, 0.5) is 8.78 Å². The number of hydrogen-bond donors (Lipinski definition) is 0. The van der Waals surface area contributed by atoms with Gasteiger partial charge in [-0.05, 0) is 36.4 Å². The molecule has 2 heterocycles. The van der Waals surface area contributed by atoms with Gasteiger partial charge in [-0.15, -0.1) is 0 Å². The van der Waals surface area contributed by atoms with E-state index in [-0.39, 0.29) is 45.3 Å². The zero-order chi connectivity index (χ0) is 24.2. The Kier molecular flexibility index (Phi) is 6.40. The largest absolute Gasteiger partial charge is 0.496 e. The van der Waals surface area contributed by atoms with E-state index in [0.717, 1.165) is 0 Å². The van der Waals surface area contributed by atoms with Crippen molar-refractivity contribution in [3.8, 4) is 45.3 Å². The molecule has 0 atom stereocenters. The molecule has 0 aliphatic heterocycles. The average Bonchev–Trinajstić information content (AvgIpc) is 2.88. The third-order valence-corrected chi connectivity index (χ3v) is 5.30. The molecule has 0 radical (unpaired) electrons. The van der Waals surface area contributed by atoms with E-state index >= 15 is 8.78 Å². The molecule has 2 aromatic heterocycles. The van der Waals surface area contributed by atoms with Crippen molar-refractivity contribution in [3.05, 3.63) is 83.6 Å². The van der Waals surface area contributed by atoms with Gasteiger partial charge in [-0.1, -0.05) is 18.2 Å². The highest BCUT2D eigenvalue weighted by molar-refractivity contribution is 5.83. The average molecular weight is 460 g/mol. The minimum Gasteiger partial charge on any atom is -0.496 e. The van der Waals surface area contributed by atoms with Crippen LogP contribution in [0, 0.1) is 11.6 Å². The number of ether oxygens (including phenoxy) is 2. The number of rotatable bonds is 7. The molecule has 0 N–H and O–H groups in total. The minimum atomic E-state index is -0.735. The van der Waals surface area contributed by atoms with Crippen molar-refractivity contribution in [2.45, 2.75) is 0 Å². The van der Waals surface area contributed by atoms with Crippen LogP contribution in [0.5, 0.6) is 11.6 Å². The fraction of sp³-hybridized carbons (Fsp3) is 0.0769. The number of carbonyl (C=O) groups is 2. The second-order valence-corrected chi connectivity index (χ2v) is 7.18. The molecular weight excluding hydrogens is 442 g/mol. The van der Waals surface area contributed by atoms with Crippen molar-refractivity contribution in [3.63, 3.8) is 0 Å². The Balaban J connectivity index is 1.83.